The molecule has 132 valence electrons. The van der Waals surface area contributed by atoms with Crippen molar-refractivity contribution in [2.24, 2.45) is 0 Å². The van der Waals surface area contributed by atoms with E-state index in [2.05, 4.69) is 11.9 Å². The summed E-state index contributed by atoms with van der Waals surface area (Å²) in [7, 11) is 0. The number of hydrogen-bond acceptors (Lipinski definition) is 4. The SMILES string of the molecule is C=C(CCCCNC(C)=O)C1COCCN1C(=O)OC(C)(C)C. The van der Waals surface area contributed by atoms with Crippen molar-refractivity contribution in [2.45, 2.75) is 58.6 Å². The molecule has 1 fully saturated rings. The molecule has 1 N–H and O–H groups in total. The molecule has 1 aliphatic heterocycles. The van der Waals surface area contributed by atoms with Crippen molar-refractivity contribution >= 4 is 12.0 Å². The van der Waals surface area contributed by atoms with Crippen LogP contribution in [0.1, 0.15) is 47.0 Å². The molecule has 0 spiro atoms. The zero-order valence-electron chi connectivity index (χ0n) is 14.8. The lowest BCUT2D eigenvalue weighted by Crippen LogP contribution is -2.51. The monoisotopic (exact) mass is 326 g/mol. The Bertz CT molecular complexity index is 429. The molecule has 1 saturated heterocycles. The zero-order chi connectivity index (χ0) is 17.5. The lowest BCUT2D eigenvalue weighted by atomic mass is 10.0. The molecule has 1 aliphatic rings. The Morgan fingerprint density at radius 1 is 1.35 bits per heavy atom. The van der Waals surface area contributed by atoms with Crippen LogP contribution in [0.25, 0.3) is 0 Å². The van der Waals surface area contributed by atoms with Crippen LogP contribution in [0, 0.1) is 0 Å². The first-order valence-corrected chi connectivity index (χ1v) is 8.20. The first-order chi connectivity index (χ1) is 10.7. The number of carbonyl (C=O) groups excluding carboxylic acids is 2. The van der Waals surface area contributed by atoms with E-state index in [1.165, 1.54) is 6.92 Å². The second-order valence-electron chi connectivity index (χ2n) is 6.86. The van der Waals surface area contributed by atoms with Crippen LogP contribution in [0.3, 0.4) is 0 Å². The normalized spacial score (nSPS) is 18.4. The third kappa shape index (κ3) is 7.50. The molecule has 1 atom stereocenters. The van der Waals surface area contributed by atoms with Crippen molar-refractivity contribution in [1.82, 2.24) is 10.2 Å². The van der Waals surface area contributed by atoms with Gasteiger partial charge in [-0.2, -0.15) is 0 Å². The second-order valence-corrected chi connectivity index (χ2v) is 6.86. The molecule has 1 rings (SSSR count). The van der Waals surface area contributed by atoms with Gasteiger partial charge in [-0.3, -0.25) is 9.69 Å². The highest BCUT2D eigenvalue weighted by molar-refractivity contribution is 5.72. The summed E-state index contributed by atoms with van der Waals surface area (Å²) < 4.78 is 11.0. The fourth-order valence-electron chi connectivity index (χ4n) is 2.39. The Morgan fingerprint density at radius 2 is 2.04 bits per heavy atom. The van der Waals surface area contributed by atoms with Gasteiger partial charge in [-0.15, -0.1) is 0 Å². The van der Waals surface area contributed by atoms with Crippen LogP contribution in [0.15, 0.2) is 12.2 Å². The Kier molecular flexibility index (Phi) is 7.55. The number of hydrogen-bond donors (Lipinski definition) is 1. The predicted octanol–water partition coefficient (Wildman–Crippen LogP) is 2.48. The molecule has 0 aromatic heterocycles. The van der Waals surface area contributed by atoms with Crippen molar-refractivity contribution in [3.8, 4) is 0 Å². The Hall–Kier alpha value is -1.56. The quantitative estimate of drug-likeness (QED) is 0.601. The number of rotatable bonds is 6. The third-order valence-electron chi connectivity index (χ3n) is 3.53. The van der Waals surface area contributed by atoms with Gasteiger partial charge in [-0.05, 0) is 40.0 Å². The first kappa shape index (κ1) is 19.5. The van der Waals surface area contributed by atoms with E-state index in [1.807, 2.05) is 20.8 Å². The average molecular weight is 326 g/mol. The highest BCUT2D eigenvalue weighted by Crippen LogP contribution is 2.21. The van der Waals surface area contributed by atoms with Crippen molar-refractivity contribution in [3.63, 3.8) is 0 Å². The first-order valence-electron chi connectivity index (χ1n) is 8.20. The second kappa shape index (κ2) is 8.91. The number of nitrogens with zero attached hydrogens (tertiary/aromatic N) is 1. The van der Waals surface area contributed by atoms with Gasteiger partial charge in [0.1, 0.15) is 5.60 Å². The van der Waals surface area contributed by atoms with Gasteiger partial charge in [0.2, 0.25) is 5.91 Å². The van der Waals surface area contributed by atoms with E-state index in [0.717, 1.165) is 24.8 Å². The number of amides is 2. The van der Waals surface area contributed by atoms with Crippen molar-refractivity contribution < 1.29 is 19.1 Å². The summed E-state index contributed by atoms with van der Waals surface area (Å²) in [5.41, 5.74) is 0.456. The van der Waals surface area contributed by atoms with Gasteiger partial charge in [0.25, 0.3) is 0 Å². The molecule has 0 radical (unpaired) electrons. The van der Waals surface area contributed by atoms with Gasteiger partial charge < -0.3 is 14.8 Å². The molecule has 23 heavy (non-hydrogen) atoms. The van der Waals surface area contributed by atoms with E-state index in [1.54, 1.807) is 4.90 Å². The minimum atomic E-state index is -0.514. The maximum atomic E-state index is 12.3. The summed E-state index contributed by atoms with van der Waals surface area (Å²) in [4.78, 5) is 24.9. The number of morpholine rings is 1. The molecule has 1 heterocycles. The largest absolute Gasteiger partial charge is 0.444 e. The van der Waals surface area contributed by atoms with Gasteiger partial charge in [-0.1, -0.05) is 12.2 Å². The highest BCUT2D eigenvalue weighted by atomic mass is 16.6. The standard InChI is InChI=1S/C17H30N2O4/c1-13(8-6-7-9-18-14(2)20)15-12-22-11-10-19(15)16(21)23-17(3,4)5/h15H,1,6-12H2,2-5H3,(H,18,20). The van der Waals surface area contributed by atoms with Crippen molar-refractivity contribution in [1.29, 1.82) is 0 Å². The molecular weight excluding hydrogens is 296 g/mol. The molecule has 0 aromatic carbocycles. The van der Waals surface area contributed by atoms with E-state index >= 15 is 0 Å². The molecule has 2 amide bonds. The summed E-state index contributed by atoms with van der Waals surface area (Å²) in [5, 5.41) is 2.77. The highest BCUT2D eigenvalue weighted by Gasteiger charge is 2.32. The number of unbranched alkanes of at least 4 members (excludes halogenated alkanes) is 1. The fraction of sp³-hybridized carbons (Fsp3) is 0.765. The molecule has 1 unspecified atom stereocenters. The minimum absolute atomic E-state index is 0.0133. The average Bonchev–Trinajstić information content (AvgIpc) is 2.44. The maximum Gasteiger partial charge on any atom is 0.410 e. The van der Waals surface area contributed by atoms with Gasteiger partial charge >= 0.3 is 6.09 Å². The van der Waals surface area contributed by atoms with Crippen molar-refractivity contribution in [3.05, 3.63) is 12.2 Å². The van der Waals surface area contributed by atoms with Crippen molar-refractivity contribution in [2.75, 3.05) is 26.3 Å². The molecule has 0 aromatic rings. The molecule has 0 saturated carbocycles. The van der Waals surface area contributed by atoms with Crippen LogP contribution >= 0.6 is 0 Å². The van der Waals surface area contributed by atoms with Gasteiger partial charge in [-0.25, -0.2) is 4.79 Å². The lowest BCUT2D eigenvalue weighted by molar-refractivity contribution is -0.118. The molecule has 6 nitrogen and oxygen atoms in total. The topological polar surface area (TPSA) is 67.9 Å². The van der Waals surface area contributed by atoms with Crippen LogP contribution in [-0.4, -0.2) is 54.8 Å². The fourth-order valence-corrected chi connectivity index (χ4v) is 2.39. The van der Waals surface area contributed by atoms with E-state index in [0.29, 0.717) is 26.3 Å². The zero-order valence-corrected chi connectivity index (χ0v) is 14.8. The van der Waals surface area contributed by atoms with Gasteiger partial charge in [0.15, 0.2) is 0 Å². The maximum absolute atomic E-state index is 12.3. The van der Waals surface area contributed by atoms with Crippen LogP contribution in [0.5, 0.6) is 0 Å². The van der Waals surface area contributed by atoms with Crippen LogP contribution in [0.4, 0.5) is 4.79 Å². The molecule has 0 bridgehead atoms. The summed E-state index contributed by atoms with van der Waals surface area (Å²) in [6, 6.07) is -0.139. The number of carbonyl (C=O) groups is 2. The summed E-state index contributed by atoms with van der Waals surface area (Å²) in [6.07, 6.45) is 2.29. The number of ether oxygens (including phenoxy) is 2. The van der Waals surface area contributed by atoms with E-state index in [-0.39, 0.29) is 18.0 Å². The predicted molar refractivity (Wildman–Crippen MR) is 89.2 cm³/mol. The van der Waals surface area contributed by atoms with Crippen LogP contribution in [0.2, 0.25) is 0 Å². The molecule has 0 aliphatic carbocycles. The van der Waals surface area contributed by atoms with Gasteiger partial charge in [0, 0.05) is 20.0 Å². The molecule has 6 heteroatoms. The lowest BCUT2D eigenvalue weighted by Gasteiger charge is -2.37. The summed E-state index contributed by atoms with van der Waals surface area (Å²) >= 11 is 0. The van der Waals surface area contributed by atoms with E-state index < -0.39 is 5.60 Å². The van der Waals surface area contributed by atoms with Crippen LogP contribution in [-0.2, 0) is 14.3 Å². The Labute approximate surface area is 139 Å². The Morgan fingerprint density at radius 3 is 2.65 bits per heavy atom. The smallest absolute Gasteiger partial charge is 0.410 e. The third-order valence-corrected chi connectivity index (χ3v) is 3.53. The van der Waals surface area contributed by atoms with E-state index in [9.17, 15) is 9.59 Å². The Balaban J connectivity index is 2.48. The summed E-state index contributed by atoms with van der Waals surface area (Å²) in [6.45, 7) is 13.4. The summed E-state index contributed by atoms with van der Waals surface area (Å²) in [5.74, 6) is -0.0133. The van der Waals surface area contributed by atoms with Gasteiger partial charge in [0.05, 0.1) is 19.3 Å². The van der Waals surface area contributed by atoms with E-state index in [4.69, 9.17) is 9.47 Å². The molecular formula is C17H30N2O4. The van der Waals surface area contributed by atoms with Crippen LogP contribution < -0.4 is 5.32 Å². The number of nitrogens with one attached hydrogen (secondary N) is 1. The minimum Gasteiger partial charge on any atom is -0.444 e.